The van der Waals surface area contributed by atoms with E-state index in [9.17, 15) is 4.79 Å². The summed E-state index contributed by atoms with van der Waals surface area (Å²) >= 11 is 0. The van der Waals surface area contributed by atoms with Crippen LogP contribution < -0.4 is 5.73 Å². The number of rotatable bonds is 6. The Kier molecular flexibility index (Phi) is 5.40. The third kappa shape index (κ3) is 4.67. The lowest BCUT2D eigenvalue weighted by molar-refractivity contribution is -0.123. The first kappa shape index (κ1) is 14.1. The minimum absolute atomic E-state index is 0.112. The number of carbonyl (C=O) groups excluding carboxylic acids is 1. The molecular weight excluding hydrogens is 236 g/mol. The average Bonchev–Trinajstić information content (AvgIpc) is 2.45. The lowest BCUT2D eigenvalue weighted by atomic mass is 9.96. The molecule has 1 heterocycles. The highest BCUT2D eigenvalue weighted by atomic mass is 16.1. The van der Waals surface area contributed by atoms with Crippen molar-refractivity contribution in [2.75, 3.05) is 19.6 Å². The molecule has 3 nitrogen and oxygen atoms in total. The Morgan fingerprint density at radius 3 is 2.47 bits per heavy atom. The van der Waals surface area contributed by atoms with Crippen LogP contribution in [0.5, 0.6) is 0 Å². The van der Waals surface area contributed by atoms with Gasteiger partial charge >= 0.3 is 0 Å². The van der Waals surface area contributed by atoms with Gasteiger partial charge in [-0.25, -0.2) is 0 Å². The van der Waals surface area contributed by atoms with Gasteiger partial charge in [0.05, 0.1) is 0 Å². The number of carbonyl (C=O) groups is 1. The van der Waals surface area contributed by atoms with E-state index in [1.807, 2.05) is 0 Å². The molecule has 0 radical (unpaired) electrons. The second kappa shape index (κ2) is 7.29. The summed E-state index contributed by atoms with van der Waals surface area (Å²) in [5, 5.41) is 0. The van der Waals surface area contributed by atoms with Crippen LogP contribution in [-0.2, 0) is 11.2 Å². The van der Waals surface area contributed by atoms with Crippen molar-refractivity contribution < 1.29 is 4.79 Å². The van der Waals surface area contributed by atoms with Crippen LogP contribution in [-0.4, -0.2) is 30.4 Å². The highest BCUT2D eigenvalue weighted by Crippen LogP contribution is 2.17. The summed E-state index contributed by atoms with van der Waals surface area (Å²) in [5.74, 6) is -0.00991. The summed E-state index contributed by atoms with van der Waals surface area (Å²) in [6.07, 6.45) is 5.51. The zero-order valence-electron chi connectivity index (χ0n) is 11.6. The van der Waals surface area contributed by atoms with E-state index in [1.54, 1.807) is 0 Å². The number of aryl methyl sites for hydroxylation is 1. The van der Waals surface area contributed by atoms with Gasteiger partial charge in [-0.3, -0.25) is 4.79 Å². The molecular formula is C16H24N2O. The van der Waals surface area contributed by atoms with Crippen LogP contribution in [0.15, 0.2) is 30.3 Å². The number of likely N-dealkylation sites (tertiary alicyclic amines) is 1. The Labute approximate surface area is 115 Å². The molecule has 1 amide bonds. The van der Waals surface area contributed by atoms with Gasteiger partial charge in [0.25, 0.3) is 0 Å². The minimum atomic E-state index is -0.122. The minimum Gasteiger partial charge on any atom is -0.369 e. The summed E-state index contributed by atoms with van der Waals surface area (Å²) in [6.45, 7) is 3.20. The highest BCUT2D eigenvalue weighted by molar-refractivity contribution is 5.76. The molecule has 0 saturated carbocycles. The summed E-state index contributed by atoms with van der Waals surface area (Å²) in [4.78, 5) is 13.5. The lowest BCUT2D eigenvalue weighted by Gasteiger charge is -2.30. The standard InChI is InChI=1S/C16H24N2O/c17-16(19)15-9-12-18(13-10-15)11-5-4-8-14-6-2-1-3-7-14/h1-3,6-7,15H,4-5,8-13H2,(H2,17,19). The molecule has 2 rings (SSSR count). The first-order chi connectivity index (χ1) is 9.25. The molecule has 104 valence electrons. The fourth-order valence-corrected chi connectivity index (χ4v) is 2.75. The molecule has 0 aliphatic carbocycles. The van der Waals surface area contributed by atoms with E-state index in [1.165, 1.54) is 24.8 Å². The van der Waals surface area contributed by atoms with E-state index < -0.39 is 0 Å². The molecule has 1 saturated heterocycles. The average molecular weight is 260 g/mol. The van der Waals surface area contributed by atoms with Crippen molar-refractivity contribution in [3.05, 3.63) is 35.9 Å². The molecule has 19 heavy (non-hydrogen) atoms. The quantitative estimate of drug-likeness (QED) is 0.797. The lowest BCUT2D eigenvalue weighted by Crippen LogP contribution is -2.38. The number of primary amides is 1. The number of benzene rings is 1. The van der Waals surface area contributed by atoms with Crippen LogP contribution in [0.3, 0.4) is 0 Å². The van der Waals surface area contributed by atoms with Crippen LogP contribution in [0.1, 0.15) is 31.2 Å². The van der Waals surface area contributed by atoms with Gasteiger partial charge in [-0.2, -0.15) is 0 Å². The monoisotopic (exact) mass is 260 g/mol. The van der Waals surface area contributed by atoms with Crippen molar-refractivity contribution in [3.63, 3.8) is 0 Å². The number of hydrogen-bond donors (Lipinski definition) is 1. The van der Waals surface area contributed by atoms with Crippen molar-refractivity contribution in [1.82, 2.24) is 4.90 Å². The zero-order chi connectivity index (χ0) is 13.5. The van der Waals surface area contributed by atoms with Crippen LogP contribution in [0, 0.1) is 5.92 Å². The molecule has 1 aromatic carbocycles. The van der Waals surface area contributed by atoms with Crippen LogP contribution in [0.25, 0.3) is 0 Å². The van der Waals surface area contributed by atoms with Gasteiger partial charge < -0.3 is 10.6 Å². The van der Waals surface area contributed by atoms with Gasteiger partial charge in [0.15, 0.2) is 0 Å². The molecule has 0 spiro atoms. The van der Waals surface area contributed by atoms with E-state index in [-0.39, 0.29) is 11.8 Å². The van der Waals surface area contributed by atoms with Crippen LogP contribution in [0.2, 0.25) is 0 Å². The number of nitrogens with zero attached hydrogens (tertiary/aromatic N) is 1. The van der Waals surface area contributed by atoms with E-state index in [0.717, 1.165) is 32.5 Å². The van der Waals surface area contributed by atoms with Gasteiger partial charge in [0.2, 0.25) is 5.91 Å². The van der Waals surface area contributed by atoms with E-state index >= 15 is 0 Å². The Balaban J connectivity index is 1.58. The maximum atomic E-state index is 11.1. The third-order valence-electron chi connectivity index (χ3n) is 4.02. The SMILES string of the molecule is NC(=O)C1CCN(CCCCc2ccccc2)CC1. The summed E-state index contributed by atoms with van der Waals surface area (Å²) in [5.41, 5.74) is 6.77. The van der Waals surface area contributed by atoms with E-state index in [0.29, 0.717) is 0 Å². The topological polar surface area (TPSA) is 46.3 Å². The number of piperidine rings is 1. The van der Waals surface area contributed by atoms with Crippen molar-refractivity contribution >= 4 is 5.91 Å². The molecule has 0 atom stereocenters. The Morgan fingerprint density at radius 1 is 1.16 bits per heavy atom. The zero-order valence-corrected chi connectivity index (χ0v) is 11.6. The van der Waals surface area contributed by atoms with Crippen LogP contribution in [0.4, 0.5) is 0 Å². The number of hydrogen-bond acceptors (Lipinski definition) is 2. The smallest absolute Gasteiger partial charge is 0.220 e. The van der Waals surface area contributed by atoms with Gasteiger partial charge in [0.1, 0.15) is 0 Å². The number of unbranched alkanes of at least 4 members (excludes halogenated alkanes) is 1. The maximum Gasteiger partial charge on any atom is 0.220 e. The molecule has 2 N–H and O–H groups in total. The van der Waals surface area contributed by atoms with Gasteiger partial charge in [-0.05, 0) is 57.3 Å². The molecule has 0 unspecified atom stereocenters. The van der Waals surface area contributed by atoms with Gasteiger partial charge in [0, 0.05) is 5.92 Å². The number of amides is 1. The second-order valence-corrected chi connectivity index (χ2v) is 5.46. The molecule has 3 heteroatoms. The molecule has 1 aliphatic heterocycles. The number of nitrogens with two attached hydrogens (primary N) is 1. The molecule has 0 bridgehead atoms. The molecule has 1 aromatic rings. The largest absolute Gasteiger partial charge is 0.369 e. The van der Waals surface area contributed by atoms with Gasteiger partial charge in [-0.1, -0.05) is 30.3 Å². The van der Waals surface area contributed by atoms with Crippen molar-refractivity contribution in [1.29, 1.82) is 0 Å². The normalized spacial score (nSPS) is 17.5. The summed E-state index contributed by atoms with van der Waals surface area (Å²) < 4.78 is 0. The predicted octanol–water partition coefficient (Wildman–Crippen LogP) is 2.21. The van der Waals surface area contributed by atoms with E-state index in [2.05, 4.69) is 35.2 Å². The first-order valence-electron chi connectivity index (χ1n) is 7.31. The van der Waals surface area contributed by atoms with E-state index in [4.69, 9.17) is 5.73 Å². The third-order valence-corrected chi connectivity index (χ3v) is 4.02. The predicted molar refractivity (Wildman–Crippen MR) is 77.7 cm³/mol. The van der Waals surface area contributed by atoms with Crippen molar-refractivity contribution in [3.8, 4) is 0 Å². The second-order valence-electron chi connectivity index (χ2n) is 5.46. The molecule has 0 aromatic heterocycles. The Hall–Kier alpha value is -1.35. The Bertz CT molecular complexity index is 383. The Morgan fingerprint density at radius 2 is 1.84 bits per heavy atom. The van der Waals surface area contributed by atoms with Gasteiger partial charge in [-0.15, -0.1) is 0 Å². The summed E-state index contributed by atoms with van der Waals surface area (Å²) in [7, 11) is 0. The fourth-order valence-electron chi connectivity index (χ4n) is 2.75. The highest BCUT2D eigenvalue weighted by Gasteiger charge is 2.22. The first-order valence-corrected chi connectivity index (χ1v) is 7.31. The maximum absolute atomic E-state index is 11.1. The van der Waals surface area contributed by atoms with Crippen molar-refractivity contribution in [2.24, 2.45) is 11.7 Å². The van der Waals surface area contributed by atoms with Crippen LogP contribution >= 0.6 is 0 Å². The van der Waals surface area contributed by atoms with Crippen molar-refractivity contribution in [2.45, 2.75) is 32.1 Å². The molecule has 1 fully saturated rings. The molecule has 1 aliphatic rings. The fraction of sp³-hybridized carbons (Fsp3) is 0.562. The summed E-state index contributed by atoms with van der Waals surface area (Å²) in [6, 6.07) is 10.6.